The number of hydrogen-bond acceptors (Lipinski definition) is 4. The van der Waals surface area contributed by atoms with E-state index in [1.54, 1.807) is 11.8 Å². The number of aryl methyl sites for hydroxylation is 1. The largest absolute Gasteiger partial charge is 0.302 e. The highest BCUT2D eigenvalue weighted by atomic mass is 32.2. The number of nitrogens with zero attached hydrogens (tertiary/aromatic N) is 4. The van der Waals surface area contributed by atoms with E-state index < -0.39 is 0 Å². The molecule has 0 N–H and O–H groups in total. The first-order chi connectivity index (χ1) is 12.5. The number of thioether (sulfide) groups is 1. The Morgan fingerprint density at radius 1 is 1.00 bits per heavy atom. The van der Waals surface area contributed by atoms with E-state index in [0.717, 1.165) is 41.0 Å². The van der Waals surface area contributed by atoms with E-state index in [0.29, 0.717) is 0 Å². The van der Waals surface area contributed by atoms with Crippen molar-refractivity contribution in [1.82, 2.24) is 19.7 Å². The third-order valence-corrected chi connectivity index (χ3v) is 5.33. The number of aromatic nitrogens is 4. The van der Waals surface area contributed by atoms with Crippen LogP contribution in [0.1, 0.15) is 39.0 Å². The summed E-state index contributed by atoms with van der Waals surface area (Å²) in [4.78, 5) is 4.38. The first-order valence-corrected chi connectivity index (χ1v) is 10.0. The summed E-state index contributed by atoms with van der Waals surface area (Å²) in [6, 6.07) is 14.7. The molecule has 0 spiro atoms. The van der Waals surface area contributed by atoms with Crippen LogP contribution in [0, 0.1) is 0 Å². The van der Waals surface area contributed by atoms with Gasteiger partial charge in [0.25, 0.3) is 0 Å². The fourth-order valence-electron chi connectivity index (χ4n) is 2.81. The highest BCUT2D eigenvalue weighted by molar-refractivity contribution is 7.99. The van der Waals surface area contributed by atoms with Gasteiger partial charge in [-0.2, -0.15) is 0 Å². The third kappa shape index (κ3) is 4.33. The van der Waals surface area contributed by atoms with Crippen LogP contribution < -0.4 is 0 Å². The molecule has 0 radical (unpaired) electrons. The van der Waals surface area contributed by atoms with E-state index in [4.69, 9.17) is 0 Å². The predicted molar refractivity (Wildman–Crippen MR) is 108 cm³/mol. The van der Waals surface area contributed by atoms with Crippen LogP contribution in [-0.4, -0.2) is 25.5 Å². The standard InChI is InChI=1S/C21H26N4S/c1-5-25-19(16-9-11-17(12-10-16)21(2,3)4)23-24-20(25)26-15-13-18-8-6-7-14-22-18/h6-12,14H,5,13,15H2,1-4H3. The molecule has 0 aliphatic rings. The van der Waals surface area contributed by atoms with E-state index in [1.165, 1.54) is 5.56 Å². The van der Waals surface area contributed by atoms with Gasteiger partial charge in [-0.05, 0) is 36.5 Å². The van der Waals surface area contributed by atoms with Crippen LogP contribution in [0.15, 0.2) is 53.8 Å². The number of pyridine rings is 1. The van der Waals surface area contributed by atoms with E-state index in [-0.39, 0.29) is 5.41 Å². The SMILES string of the molecule is CCn1c(SCCc2ccccn2)nnc1-c1ccc(C(C)(C)C)cc1. The van der Waals surface area contributed by atoms with Crippen LogP contribution in [0.4, 0.5) is 0 Å². The first-order valence-electron chi connectivity index (χ1n) is 9.06. The summed E-state index contributed by atoms with van der Waals surface area (Å²) in [5, 5.41) is 9.84. The highest BCUT2D eigenvalue weighted by Crippen LogP contribution is 2.27. The van der Waals surface area contributed by atoms with Crippen molar-refractivity contribution >= 4 is 11.8 Å². The van der Waals surface area contributed by atoms with Gasteiger partial charge in [-0.15, -0.1) is 10.2 Å². The zero-order valence-electron chi connectivity index (χ0n) is 15.9. The fraction of sp³-hybridized carbons (Fsp3) is 0.381. The van der Waals surface area contributed by atoms with Crippen LogP contribution in [-0.2, 0) is 18.4 Å². The maximum atomic E-state index is 4.45. The Morgan fingerprint density at radius 2 is 1.77 bits per heavy atom. The van der Waals surface area contributed by atoms with Gasteiger partial charge in [0, 0.05) is 29.8 Å². The van der Waals surface area contributed by atoms with E-state index in [9.17, 15) is 0 Å². The van der Waals surface area contributed by atoms with Gasteiger partial charge in [0.15, 0.2) is 11.0 Å². The molecule has 0 atom stereocenters. The minimum atomic E-state index is 0.156. The summed E-state index contributed by atoms with van der Waals surface area (Å²) < 4.78 is 2.19. The Hall–Kier alpha value is -2.14. The van der Waals surface area contributed by atoms with E-state index >= 15 is 0 Å². The molecule has 0 aliphatic carbocycles. The molecular formula is C21H26N4S. The fourth-order valence-corrected chi connectivity index (χ4v) is 3.77. The Labute approximate surface area is 160 Å². The van der Waals surface area contributed by atoms with Crippen LogP contribution in [0.5, 0.6) is 0 Å². The van der Waals surface area contributed by atoms with E-state index in [1.807, 2.05) is 18.3 Å². The summed E-state index contributed by atoms with van der Waals surface area (Å²) in [6.07, 6.45) is 2.77. The monoisotopic (exact) mass is 366 g/mol. The lowest BCUT2D eigenvalue weighted by Gasteiger charge is -2.19. The Bertz CT molecular complexity index is 833. The first kappa shape index (κ1) is 18.6. The molecule has 3 rings (SSSR count). The van der Waals surface area contributed by atoms with Gasteiger partial charge in [0.05, 0.1) is 0 Å². The molecule has 136 valence electrons. The molecule has 0 saturated carbocycles. The number of rotatable bonds is 6. The molecular weight excluding hydrogens is 340 g/mol. The van der Waals surface area contributed by atoms with Gasteiger partial charge >= 0.3 is 0 Å². The maximum absolute atomic E-state index is 4.45. The van der Waals surface area contributed by atoms with Crippen LogP contribution >= 0.6 is 11.8 Å². The van der Waals surface area contributed by atoms with E-state index in [2.05, 4.69) is 77.8 Å². The lowest BCUT2D eigenvalue weighted by Crippen LogP contribution is -2.10. The second kappa shape index (κ2) is 8.04. The van der Waals surface area contributed by atoms with Gasteiger partial charge in [-0.25, -0.2) is 0 Å². The molecule has 4 nitrogen and oxygen atoms in total. The van der Waals surface area contributed by atoms with Gasteiger partial charge in [0.2, 0.25) is 0 Å². The maximum Gasteiger partial charge on any atom is 0.191 e. The summed E-state index contributed by atoms with van der Waals surface area (Å²) in [5.41, 5.74) is 3.71. The molecule has 0 bridgehead atoms. The van der Waals surface area contributed by atoms with Crippen LogP contribution in [0.3, 0.4) is 0 Å². The lowest BCUT2D eigenvalue weighted by molar-refractivity contribution is 0.590. The summed E-state index contributed by atoms with van der Waals surface area (Å²) in [7, 11) is 0. The Morgan fingerprint density at radius 3 is 2.38 bits per heavy atom. The number of benzene rings is 1. The Kier molecular flexibility index (Phi) is 5.77. The summed E-state index contributed by atoms with van der Waals surface area (Å²) in [5.74, 6) is 1.88. The molecule has 0 unspecified atom stereocenters. The van der Waals surface area contributed by atoms with Gasteiger partial charge in [0.1, 0.15) is 0 Å². The Balaban J connectivity index is 1.73. The third-order valence-electron chi connectivity index (χ3n) is 4.36. The van der Waals surface area contributed by atoms with Gasteiger partial charge in [-0.3, -0.25) is 4.98 Å². The van der Waals surface area contributed by atoms with Crippen molar-refractivity contribution in [3.63, 3.8) is 0 Å². The quantitative estimate of drug-likeness (QED) is 0.576. The summed E-state index contributed by atoms with van der Waals surface area (Å²) >= 11 is 1.74. The van der Waals surface area contributed by atoms with Crippen molar-refractivity contribution in [3.8, 4) is 11.4 Å². The highest BCUT2D eigenvalue weighted by Gasteiger charge is 2.16. The van der Waals surface area contributed by atoms with Crippen molar-refractivity contribution in [3.05, 3.63) is 59.9 Å². The molecule has 3 aromatic rings. The molecule has 0 saturated heterocycles. The van der Waals surface area contributed by atoms with Crippen molar-refractivity contribution in [2.75, 3.05) is 5.75 Å². The molecule has 0 amide bonds. The lowest BCUT2D eigenvalue weighted by atomic mass is 9.87. The average Bonchev–Trinajstić information content (AvgIpc) is 3.05. The number of hydrogen-bond donors (Lipinski definition) is 0. The minimum absolute atomic E-state index is 0.156. The zero-order valence-corrected chi connectivity index (χ0v) is 16.8. The second-order valence-electron chi connectivity index (χ2n) is 7.30. The molecule has 0 aliphatic heterocycles. The smallest absolute Gasteiger partial charge is 0.191 e. The zero-order chi connectivity index (χ0) is 18.6. The van der Waals surface area contributed by atoms with Crippen molar-refractivity contribution in [2.45, 2.75) is 51.2 Å². The molecule has 26 heavy (non-hydrogen) atoms. The minimum Gasteiger partial charge on any atom is -0.302 e. The topological polar surface area (TPSA) is 43.6 Å². The van der Waals surface area contributed by atoms with Crippen LogP contribution in [0.2, 0.25) is 0 Å². The van der Waals surface area contributed by atoms with Crippen molar-refractivity contribution in [2.24, 2.45) is 0 Å². The van der Waals surface area contributed by atoms with Crippen LogP contribution in [0.25, 0.3) is 11.4 Å². The average molecular weight is 367 g/mol. The van der Waals surface area contributed by atoms with Crippen molar-refractivity contribution in [1.29, 1.82) is 0 Å². The second-order valence-corrected chi connectivity index (χ2v) is 8.36. The van der Waals surface area contributed by atoms with Crippen molar-refractivity contribution < 1.29 is 0 Å². The molecule has 0 fully saturated rings. The van der Waals surface area contributed by atoms with Gasteiger partial charge in [-0.1, -0.05) is 62.9 Å². The molecule has 2 aromatic heterocycles. The predicted octanol–water partition coefficient (Wildman–Crippen LogP) is 4.99. The summed E-state index contributed by atoms with van der Waals surface area (Å²) in [6.45, 7) is 9.68. The molecule has 1 aromatic carbocycles. The van der Waals surface area contributed by atoms with Gasteiger partial charge < -0.3 is 4.57 Å². The molecule has 2 heterocycles. The molecule has 5 heteroatoms. The normalized spacial score (nSPS) is 11.7.